The minimum Gasteiger partial charge on any atom is -0.497 e. The molecule has 0 aliphatic carbocycles. The second-order valence-corrected chi connectivity index (χ2v) is 7.86. The molecule has 31 heavy (non-hydrogen) atoms. The Morgan fingerprint density at radius 2 is 1.97 bits per heavy atom. The summed E-state index contributed by atoms with van der Waals surface area (Å²) in [7, 11) is 1.60. The van der Waals surface area contributed by atoms with Gasteiger partial charge in [-0.15, -0.1) is 16.8 Å². The van der Waals surface area contributed by atoms with Crippen LogP contribution in [0.5, 0.6) is 11.5 Å². The standard InChI is InChI=1S/C23H26N4O3S/c1-5-12-27-21(14-30-20-11-6-16(2)13-17(20)3)25-26-23(27)31-15-22(28)24-18-7-9-19(29-4)10-8-18/h5-11,13H,1,12,14-15H2,2-4H3,(H,24,28). The van der Waals surface area contributed by atoms with Gasteiger partial charge in [-0.2, -0.15) is 0 Å². The Balaban J connectivity index is 1.61. The summed E-state index contributed by atoms with van der Waals surface area (Å²) in [6.45, 7) is 8.68. The van der Waals surface area contributed by atoms with Crippen molar-refractivity contribution in [3.8, 4) is 11.5 Å². The number of methoxy groups -OCH3 is 1. The number of nitrogens with zero attached hydrogens (tertiary/aromatic N) is 3. The largest absolute Gasteiger partial charge is 0.497 e. The number of rotatable bonds is 10. The van der Waals surface area contributed by atoms with Crippen LogP contribution in [0.25, 0.3) is 0 Å². The van der Waals surface area contributed by atoms with Crippen LogP contribution in [0.4, 0.5) is 5.69 Å². The maximum Gasteiger partial charge on any atom is 0.234 e. The molecule has 8 heteroatoms. The van der Waals surface area contributed by atoms with Gasteiger partial charge in [0.25, 0.3) is 0 Å². The number of ether oxygens (including phenoxy) is 2. The minimum atomic E-state index is -0.128. The summed E-state index contributed by atoms with van der Waals surface area (Å²) in [6.07, 6.45) is 1.77. The van der Waals surface area contributed by atoms with Gasteiger partial charge < -0.3 is 14.8 Å². The fourth-order valence-electron chi connectivity index (χ4n) is 2.95. The van der Waals surface area contributed by atoms with Crippen LogP contribution in [-0.2, 0) is 17.9 Å². The van der Waals surface area contributed by atoms with Crippen molar-refractivity contribution in [1.29, 1.82) is 0 Å². The molecular weight excluding hydrogens is 412 g/mol. The molecule has 1 aromatic heterocycles. The predicted molar refractivity (Wildman–Crippen MR) is 123 cm³/mol. The average Bonchev–Trinajstić information content (AvgIpc) is 3.14. The molecule has 2 aromatic carbocycles. The van der Waals surface area contributed by atoms with Crippen LogP contribution >= 0.6 is 11.8 Å². The average molecular weight is 439 g/mol. The predicted octanol–water partition coefficient (Wildman–Crippen LogP) is 4.40. The van der Waals surface area contributed by atoms with Gasteiger partial charge in [-0.25, -0.2) is 0 Å². The van der Waals surface area contributed by atoms with E-state index in [-0.39, 0.29) is 18.3 Å². The van der Waals surface area contributed by atoms with E-state index < -0.39 is 0 Å². The van der Waals surface area contributed by atoms with Gasteiger partial charge in [0.1, 0.15) is 18.1 Å². The van der Waals surface area contributed by atoms with Crippen LogP contribution in [0.2, 0.25) is 0 Å². The first-order valence-corrected chi connectivity index (χ1v) is 10.8. The van der Waals surface area contributed by atoms with E-state index in [1.54, 1.807) is 37.5 Å². The number of hydrogen-bond acceptors (Lipinski definition) is 6. The van der Waals surface area contributed by atoms with Gasteiger partial charge in [0, 0.05) is 12.2 Å². The molecule has 1 amide bonds. The van der Waals surface area contributed by atoms with Crippen molar-refractivity contribution in [3.63, 3.8) is 0 Å². The third-order valence-corrected chi connectivity index (χ3v) is 5.47. The third-order valence-electron chi connectivity index (χ3n) is 4.50. The molecular formula is C23H26N4O3S. The van der Waals surface area contributed by atoms with E-state index in [1.807, 2.05) is 30.5 Å². The minimum absolute atomic E-state index is 0.128. The highest BCUT2D eigenvalue weighted by Gasteiger charge is 2.14. The number of hydrogen-bond donors (Lipinski definition) is 1. The summed E-state index contributed by atoms with van der Waals surface area (Å²) in [6, 6.07) is 13.2. The Morgan fingerprint density at radius 1 is 1.19 bits per heavy atom. The molecule has 0 aliphatic rings. The summed E-state index contributed by atoms with van der Waals surface area (Å²) < 4.78 is 13.0. The SMILES string of the molecule is C=CCn1c(COc2ccc(C)cc2C)nnc1SCC(=O)Nc1ccc(OC)cc1. The fourth-order valence-corrected chi connectivity index (χ4v) is 3.72. The van der Waals surface area contributed by atoms with E-state index in [9.17, 15) is 4.79 Å². The molecule has 3 aromatic rings. The summed E-state index contributed by atoms with van der Waals surface area (Å²) in [5, 5.41) is 12.0. The number of aryl methyl sites for hydroxylation is 2. The normalized spacial score (nSPS) is 10.5. The highest BCUT2D eigenvalue weighted by Crippen LogP contribution is 2.22. The Kier molecular flexibility index (Phi) is 7.72. The zero-order chi connectivity index (χ0) is 22.2. The highest BCUT2D eigenvalue weighted by atomic mass is 32.2. The lowest BCUT2D eigenvalue weighted by Crippen LogP contribution is -2.15. The topological polar surface area (TPSA) is 78.3 Å². The van der Waals surface area contributed by atoms with Crippen LogP contribution in [-0.4, -0.2) is 33.5 Å². The lowest BCUT2D eigenvalue weighted by molar-refractivity contribution is -0.113. The number of carbonyl (C=O) groups excluding carboxylic acids is 1. The van der Waals surface area contributed by atoms with Crippen molar-refractivity contribution in [2.75, 3.05) is 18.2 Å². The number of amides is 1. The van der Waals surface area contributed by atoms with E-state index in [0.717, 1.165) is 17.1 Å². The smallest absolute Gasteiger partial charge is 0.234 e. The van der Waals surface area contributed by atoms with Crippen molar-refractivity contribution in [2.24, 2.45) is 0 Å². The Morgan fingerprint density at radius 3 is 2.65 bits per heavy atom. The van der Waals surface area contributed by atoms with Gasteiger partial charge in [0.2, 0.25) is 5.91 Å². The van der Waals surface area contributed by atoms with E-state index in [2.05, 4.69) is 28.2 Å². The van der Waals surface area contributed by atoms with Gasteiger partial charge in [-0.1, -0.05) is 35.5 Å². The lowest BCUT2D eigenvalue weighted by Gasteiger charge is -2.11. The molecule has 1 N–H and O–H groups in total. The summed E-state index contributed by atoms with van der Waals surface area (Å²) >= 11 is 1.32. The van der Waals surface area contributed by atoms with Gasteiger partial charge in [-0.05, 0) is 49.7 Å². The number of anilines is 1. The third kappa shape index (κ3) is 6.11. The Labute approximate surface area is 186 Å². The van der Waals surface area contributed by atoms with Crippen LogP contribution < -0.4 is 14.8 Å². The maximum absolute atomic E-state index is 12.3. The highest BCUT2D eigenvalue weighted by molar-refractivity contribution is 7.99. The Bertz CT molecular complexity index is 1050. The molecule has 1 heterocycles. The molecule has 0 bridgehead atoms. The van der Waals surface area contributed by atoms with E-state index in [4.69, 9.17) is 9.47 Å². The first-order valence-electron chi connectivity index (χ1n) is 9.80. The van der Waals surface area contributed by atoms with Crippen molar-refractivity contribution in [2.45, 2.75) is 32.2 Å². The molecule has 0 atom stereocenters. The molecule has 0 aliphatic heterocycles. The molecule has 0 fully saturated rings. The Hall–Kier alpha value is -3.26. The number of carbonyl (C=O) groups is 1. The van der Waals surface area contributed by atoms with Crippen LogP contribution in [0.3, 0.4) is 0 Å². The zero-order valence-electron chi connectivity index (χ0n) is 17.9. The van der Waals surface area contributed by atoms with Crippen LogP contribution in [0.15, 0.2) is 60.3 Å². The number of aromatic nitrogens is 3. The lowest BCUT2D eigenvalue weighted by atomic mass is 10.1. The van der Waals surface area contributed by atoms with Crippen molar-refractivity contribution >= 4 is 23.4 Å². The second-order valence-electron chi connectivity index (χ2n) is 6.92. The van der Waals surface area contributed by atoms with E-state index >= 15 is 0 Å². The van der Waals surface area contributed by atoms with E-state index in [1.165, 1.54) is 17.3 Å². The van der Waals surface area contributed by atoms with Crippen LogP contribution in [0.1, 0.15) is 17.0 Å². The van der Waals surface area contributed by atoms with Gasteiger partial charge >= 0.3 is 0 Å². The summed E-state index contributed by atoms with van der Waals surface area (Å²) in [5.74, 6) is 2.31. The second kappa shape index (κ2) is 10.7. The quantitative estimate of drug-likeness (QED) is 0.373. The molecule has 0 radical (unpaired) electrons. The summed E-state index contributed by atoms with van der Waals surface area (Å²) in [4.78, 5) is 12.3. The monoisotopic (exact) mass is 438 g/mol. The van der Waals surface area contributed by atoms with Crippen molar-refractivity contribution in [1.82, 2.24) is 14.8 Å². The molecule has 0 saturated heterocycles. The van der Waals surface area contributed by atoms with Gasteiger partial charge in [-0.3, -0.25) is 9.36 Å². The van der Waals surface area contributed by atoms with Crippen molar-refractivity contribution in [3.05, 3.63) is 72.1 Å². The zero-order valence-corrected chi connectivity index (χ0v) is 18.7. The fraction of sp³-hybridized carbons (Fsp3) is 0.261. The number of nitrogens with one attached hydrogen (secondary N) is 1. The van der Waals surface area contributed by atoms with Crippen LogP contribution in [0, 0.1) is 13.8 Å². The molecule has 0 spiro atoms. The summed E-state index contributed by atoms with van der Waals surface area (Å²) in [5.41, 5.74) is 2.97. The molecule has 162 valence electrons. The first-order chi connectivity index (χ1) is 15.0. The van der Waals surface area contributed by atoms with Gasteiger partial charge in [0.15, 0.2) is 11.0 Å². The number of thioether (sulfide) groups is 1. The first kappa shape index (κ1) is 22.4. The molecule has 0 saturated carbocycles. The van der Waals surface area contributed by atoms with Crippen molar-refractivity contribution < 1.29 is 14.3 Å². The molecule has 0 unspecified atom stereocenters. The maximum atomic E-state index is 12.3. The number of allylic oxidation sites excluding steroid dienone is 1. The molecule has 3 rings (SSSR count). The number of benzene rings is 2. The van der Waals surface area contributed by atoms with E-state index in [0.29, 0.717) is 23.2 Å². The molecule has 7 nitrogen and oxygen atoms in total. The van der Waals surface area contributed by atoms with Gasteiger partial charge in [0.05, 0.1) is 12.9 Å².